The van der Waals surface area contributed by atoms with E-state index in [4.69, 9.17) is 4.74 Å². The van der Waals surface area contributed by atoms with Crippen molar-refractivity contribution < 1.29 is 9.84 Å². The number of aromatic nitrogens is 1. The fourth-order valence-corrected chi connectivity index (χ4v) is 3.41. The summed E-state index contributed by atoms with van der Waals surface area (Å²) >= 11 is 0. The SMILES string of the molecule is CC1OC(C)C(C(O)c2cccc3cccnc23)C1C. The van der Waals surface area contributed by atoms with Gasteiger partial charge in [-0.3, -0.25) is 4.98 Å². The van der Waals surface area contributed by atoms with Gasteiger partial charge in [-0.1, -0.05) is 31.2 Å². The topological polar surface area (TPSA) is 42.4 Å². The number of aliphatic hydroxyl groups excluding tert-OH is 1. The van der Waals surface area contributed by atoms with E-state index in [0.29, 0.717) is 5.92 Å². The van der Waals surface area contributed by atoms with Gasteiger partial charge in [0.25, 0.3) is 0 Å². The van der Waals surface area contributed by atoms with Crippen LogP contribution >= 0.6 is 0 Å². The molecule has 3 nitrogen and oxygen atoms in total. The number of hydrogen-bond donors (Lipinski definition) is 1. The van der Waals surface area contributed by atoms with E-state index in [1.807, 2.05) is 37.3 Å². The van der Waals surface area contributed by atoms with Crippen molar-refractivity contribution in [3.05, 3.63) is 42.1 Å². The summed E-state index contributed by atoms with van der Waals surface area (Å²) in [6, 6.07) is 9.93. The fourth-order valence-electron chi connectivity index (χ4n) is 3.41. The van der Waals surface area contributed by atoms with Crippen LogP contribution < -0.4 is 0 Å². The molecule has 5 atom stereocenters. The standard InChI is InChI=1S/C17H21NO2/c1-10-11(2)20-12(3)15(10)17(19)14-8-4-6-13-7-5-9-18-16(13)14/h4-12,15,17,19H,1-3H3. The van der Waals surface area contributed by atoms with Crippen molar-refractivity contribution in [1.29, 1.82) is 0 Å². The minimum Gasteiger partial charge on any atom is -0.388 e. The first-order chi connectivity index (χ1) is 9.59. The number of benzene rings is 1. The number of nitrogens with zero attached hydrogens (tertiary/aromatic N) is 1. The van der Waals surface area contributed by atoms with Crippen molar-refractivity contribution in [2.45, 2.75) is 39.1 Å². The Morgan fingerprint density at radius 2 is 1.85 bits per heavy atom. The molecule has 106 valence electrons. The molecule has 2 heterocycles. The highest BCUT2D eigenvalue weighted by atomic mass is 16.5. The molecule has 20 heavy (non-hydrogen) atoms. The molecular formula is C17H21NO2. The van der Waals surface area contributed by atoms with Gasteiger partial charge in [0.2, 0.25) is 0 Å². The van der Waals surface area contributed by atoms with Gasteiger partial charge in [0.15, 0.2) is 0 Å². The summed E-state index contributed by atoms with van der Waals surface area (Å²) in [5.41, 5.74) is 1.80. The van der Waals surface area contributed by atoms with Crippen LogP contribution in [0.3, 0.4) is 0 Å². The van der Waals surface area contributed by atoms with Gasteiger partial charge in [-0.05, 0) is 25.8 Å². The third-order valence-corrected chi connectivity index (χ3v) is 4.67. The van der Waals surface area contributed by atoms with Gasteiger partial charge < -0.3 is 9.84 Å². The molecule has 0 aliphatic carbocycles. The molecule has 0 spiro atoms. The van der Waals surface area contributed by atoms with E-state index in [1.54, 1.807) is 6.20 Å². The molecule has 1 aliphatic heterocycles. The molecule has 5 unspecified atom stereocenters. The van der Waals surface area contributed by atoms with Crippen LogP contribution in [0.1, 0.15) is 32.4 Å². The Balaban J connectivity index is 2.03. The number of ether oxygens (including phenoxy) is 1. The monoisotopic (exact) mass is 271 g/mol. The summed E-state index contributed by atoms with van der Waals surface area (Å²) in [6.45, 7) is 6.28. The predicted octanol–water partition coefficient (Wildman–Crippen LogP) is 3.33. The van der Waals surface area contributed by atoms with Gasteiger partial charge in [0.1, 0.15) is 0 Å². The normalized spacial score (nSPS) is 31.6. The first-order valence-electron chi connectivity index (χ1n) is 7.26. The zero-order chi connectivity index (χ0) is 14.3. The fraction of sp³-hybridized carbons (Fsp3) is 0.471. The van der Waals surface area contributed by atoms with Crippen LogP contribution in [0.25, 0.3) is 10.9 Å². The lowest BCUT2D eigenvalue weighted by Gasteiger charge is -2.25. The predicted molar refractivity (Wildman–Crippen MR) is 79.4 cm³/mol. The highest BCUT2D eigenvalue weighted by molar-refractivity contribution is 5.81. The maximum Gasteiger partial charge on any atom is 0.0867 e. The van der Waals surface area contributed by atoms with Crippen molar-refractivity contribution >= 4 is 10.9 Å². The molecule has 1 aromatic heterocycles. The second-order valence-corrected chi connectivity index (χ2v) is 5.85. The van der Waals surface area contributed by atoms with E-state index in [9.17, 15) is 5.11 Å². The van der Waals surface area contributed by atoms with E-state index in [2.05, 4.69) is 18.8 Å². The number of rotatable bonds is 2. The molecule has 0 radical (unpaired) electrons. The van der Waals surface area contributed by atoms with E-state index in [-0.39, 0.29) is 18.1 Å². The number of pyridine rings is 1. The molecule has 2 aromatic rings. The first-order valence-corrected chi connectivity index (χ1v) is 7.26. The van der Waals surface area contributed by atoms with Gasteiger partial charge in [0.05, 0.1) is 23.8 Å². The molecule has 1 saturated heterocycles. The van der Waals surface area contributed by atoms with Crippen molar-refractivity contribution in [1.82, 2.24) is 4.98 Å². The lowest BCUT2D eigenvalue weighted by Crippen LogP contribution is -2.25. The highest BCUT2D eigenvalue weighted by Crippen LogP contribution is 2.41. The van der Waals surface area contributed by atoms with Crippen LogP contribution in [-0.2, 0) is 4.74 Å². The third-order valence-electron chi connectivity index (χ3n) is 4.67. The molecule has 3 heteroatoms. The van der Waals surface area contributed by atoms with Crippen LogP contribution in [-0.4, -0.2) is 22.3 Å². The Morgan fingerprint density at radius 1 is 1.10 bits per heavy atom. The quantitative estimate of drug-likeness (QED) is 0.911. The number of para-hydroxylation sites is 1. The van der Waals surface area contributed by atoms with Crippen molar-refractivity contribution in [3.63, 3.8) is 0 Å². The Morgan fingerprint density at radius 3 is 2.55 bits per heavy atom. The summed E-state index contributed by atoms with van der Waals surface area (Å²) in [4.78, 5) is 4.44. The Hall–Kier alpha value is -1.45. The smallest absolute Gasteiger partial charge is 0.0867 e. The molecule has 0 saturated carbocycles. The summed E-state index contributed by atoms with van der Waals surface area (Å²) in [5, 5.41) is 11.9. The highest BCUT2D eigenvalue weighted by Gasteiger charge is 2.42. The number of fused-ring (bicyclic) bond motifs is 1. The first kappa shape index (κ1) is 13.5. The lowest BCUT2D eigenvalue weighted by atomic mass is 9.82. The van der Waals surface area contributed by atoms with Gasteiger partial charge >= 0.3 is 0 Å². The summed E-state index contributed by atoms with van der Waals surface area (Å²) in [6.07, 6.45) is 1.49. The second-order valence-electron chi connectivity index (χ2n) is 5.85. The van der Waals surface area contributed by atoms with Gasteiger partial charge in [0, 0.05) is 23.1 Å². The van der Waals surface area contributed by atoms with Crippen molar-refractivity contribution in [2.24, 2.45) is 11.8 Å². The largest absolute Gasteiger partial charge is 0.388 e. The minimum absolute atomic E-state index is 0.0639. The maximum absolute atomic E-state index is 10.9. The maximum atomic E-state index is 10.9. The van der Waals surface area contributed by atoms with Crippen LogP contribution in [0, 0.1) is 11.8 Å². The summed E-state index contributed by atoms with van der Waals surface area (Å²) < 4.78 is 5.86. The Kier molecular flexibility index (Phi) is 3.48. The number of hydrogen-bond acceptors (Lipinski definition) is 3. The summed E-state index contributed by atoms with van der Waals surface area (Å²) in [7, 11) is 0. The lowest BCUT2D eigenvalue weighted by molar-refractivity contribution is 0.0235. The van der Waals surface area contributed by atoms with E-state index < -0.39 is 6.10 Å². The van der Waals surface area contributed by atoms with Crippen LogP contribution in [0.15, 0.2) is 36.5 Å². The van der Waals surface area contributed by atoms with Crippen LogP contribution in [0.4, 0.5) is 0 Å². The second kappa shape index (κ2) is 5.15. The van der Waals surface area contributed by atoms with Crippen molar-refractivity contribution in [3.8, 4) is 0 Å². The summed E-state index contributed by atoms with van der Waals surface area (Å²) in [5.74, 6) is 0.441. The zero-order valence-electron chi connectivity index (χ0n) is 12.2. The van der Waals surface area contributed by atoms with Crippen LogP contribution in [0.2, 0.25) is 0 Å². The Labute approximate surface area is 119 Å². The molecule has 1 aromatic carbocycles. The molecule has 1 N–H and O–H groups in total. The Bertz CT molecular complexity index is 607. The van der Waals surface area contributed by atoms with Gasteiger partial charge in [-0.25, -0.2) is 0 Å². The number of aliphatic hydroxyl groups is 1. The molecule has 1 aliphatic rings. The molecule has 3 rings (SSSR count). The van der Waals surface area contributed by atoms with Crippen LogP contribution in [0.5, 0.6) is 0 Å². The van der Waals surface area contributed by atoms with Gasteiger partial charge in [-0.2, -0.15) is 0 Å². The average Bonchev–Trinajstić information content (AvgIpc) is 2.71. The molecule has 0 amide bonds. The molecule has 0 bridgehead atoms. The van der Waals surface area contributed by atoms with E-state index in [0.717, 1.165) is 16.5 Å². The molecular weight excluding hydrogens is 250 g/mol. The van der Waals surface area contributed by atoms with Crippen molar-refractivity contribution in [2.75, 3.05) is 0 Å². The molecule has 1 fully saturated rings. The van der Waals surface area contributed by atoms with E-state index >= 15 is 0 Å². The zero-order valence-corrected chi connectivity index (χ0v) is 12.2. The van der Waals surface area contributed by atoms with Gasteiger partial charge in [-0.15, -0.1) is 0 Å². The van der Waals surface area contributed by atoms with E-state index in [1.165, 1.54) is 0 Å². The average molecular weight is 271 g/mol. The third kappa shape index (κ3) is 2.11. The minimum atomic E-state index is -0.538.